The Hall–Kier alpha value is -0.380. The van der Waals surface area contributed by atoms with Gasteiger partial charge >= 0.3 is 0 Å². The van der Waals surface area contributed by atoms with E-state index in [1.807, 2.05) is 6.08 Å². The molecular weight excluding hydrogens is 190 g/mol. The van der Waals surface area contributed by atoms with Crippen LogP contribution in [0.4, 0.5) is 0 Å². The fourth-order valence-electron chi connectivity index (χ4n) is 2.71. The summed E-state index contributed by atoms with van der Waals surface area (Å²) in [5, 5.41) is 3.47. The standard InChI is InChI=1S/C12H21NO2/c1-2-7-14-10-12-5-3-8-15-11(12)4-6-13-9-12/h2,11,13H,1,3-10H2/t11-,12-/m1/s1. The lowest BCUT2D eigenvalue weighted by molar-refractivity contribution is -0.128. The first-order valence-corrected chi connectivity index (χ1v) is 5.88. The molecule has 2 saturated heterocycles. The number of nitrogens with one attached hydrogen (secondary N) is 1. The van der Waals surface area contributed by atoms with Gasteiger partial charge in [-0.2, -0.15) is 0 Å². The molecule has 86 valence electrons. The van der Waals surface area contributed by atoms with Gasteiger partial charge in [-0.25, -0.2) is 0 Å². The molecule has 0 bridgehead atoms. The van der Waals surface area contributed by atoms with Crippen LogP contribution in [0, 0.1) is 5.41 Å². The number of rotatable bonds is 4. The van der Waals surface area contributed by atoms with E-state index in [2.05, 4.69) is 11.9 Å². The van der Waals surface area contributed by atoms with Crippen LogP contribution in [0.25, 0.3) is 0 Å². The average Bonchev–Trinajstić information content (AvgIpc) is 2.29. The van der Waals surface area contributed by atoms with Crippen LogP contribution < -0.4 is 5.32 Å². The van der Waals surface area contributed by atoms with Gasteiger partial charge in [-0.1, -0.05) is 6.08 Å². The number of fused-ring (bicyclic) bond motifs is 1. The first-order valence-electron chi connectivity index (χ1n) is 5.88. The molecule has 2 atom stereocenters. The van der Waals surface area contributed by atoms with E-state index in [1.165, 1.54) is 6.42 Å². The van der Waals surface area contributed by atoms with E-state index in [9.17, 15) is 0 Å². The van der Waals surface area contributed by atoms with Crippen molar-refractivity contribution in [2.75, 3.05) is 32.9 Å². The largest absolute Gasteiger partial charge is 0.377 e. The van der Waals surface area contributed by atoms with E-state index in [0.29, 0.717) is 12.7 Å². The zero-order chi connectivity index (χ0) is 10.6. The van der Waals surface area contributed by atoms with E-state index in [0.717, 1.165) is 39.1 Å². The molecule has 2 heterocycles. The van der Waals surface area contributed by atoms with Gasteiger partial charge < -0.3 is 14.8 Å². The second-order valence-electron chi connectivity index (χ2n) is 4.59. The van der Waals surface area contributed by atoms with Crippen molar-refractivity contribution in [1.82, 2.24) is 5.32 Å². The zero-order valence-corrected chi connectivity index (χ0v) is 9.34. The number of piperidine rings is 1. The van der Waals surface area contributed by atoms with Crippen LogP contribution in [0.2, 0.25) is 0 Å². The average molecular weight is 211 g/mol. The topological polar surface area (TPSA) is 30.5 Å². The Morgan fingerprint density at radius 2 is 2.53 bits per heavy atom. The maximum absolute atomic E-state index is 5.87. The maximum Gasteiger partial charge on any atom is 0.0677 e. The summed E-state index contributed by atoms with van der Waals surface area (Å²) in [6.07, 6.45) is 5.72. The molecule has 0 radical (unpaired) electrons. The molecule has 0 saturated carbocycles. The van der Waals surface area contributed by atoms with Crippen LogP contribution in [-0.4, -0.2) is 39.0 Å². The summed E-state index contributed by atoms with van der Waals surface area (Å²) in [5.41, 5.74) is 0.222. The Balaban J connectivity index is 1.95. The first-order chi connectivity index (χ1) is 7.37. The minimum absolute atomic E-state index is 0.222. The zero-order valence-electron chi connectivity index (χ0n) is 9.34. The van der Waals surface area contributed by atoms with Gasteiger partial charge in [0.05, 0.1) is 19.3 Å². The van der Waals surface area contributed by atoms with Crippen LogP contribution in [0.15, 0.2) is 12.7 Å². The summed E-state index contributed by atoms with van der Waals surface area (Å²) in [6, 6.07) is 0. The van der Waals surface area contributed by atoms with E-state index in [-0.39, 0.29) is 5.41 Å². The van der Waals surface area contributed by atoms with Gasteiger partial charge in [-0.05, 0) is 25.8 Å². The van der Waals surface area contributed by atoms with Crippen molar-refractivity contribution in [3.05, 3.63) is 12.7 Å². The van der Waals surface area contributed by atoms with Gasteiger partial charge in [0.15, 0.2) is 0 Å². The fraction of sp³-hybridized carbons (Fsp3) is 0.833. The molecule has 0 amide bonds. The van der Waals surface area contributed by atoms with E-state index < -0.39 is 0 Å². The van der Waals surface area contributed by atoms with Gasteiger partial charge in [-0.3, -0.25) is 0 Å². The molecule has 0 unspecified atom stereocenters. The summed E-state index contributed by atoms with van der Waals surface area (Å²) >= 11 is 0. The van der Waals surface area contributed by atoms with Crippen LogP contribution in [0.3, 0.4) is 0 Å². The maximum atomic E-state index is 5.87. The highest BCUT2D eigenvalue weighted by Crippen LogP contribution is 2.37. The molecule has 2 rings (SSSR count). The predicted molar refractivity (Wildman–Crippen MR) is 59.9 cm³/mol. The van der Waals surface area contributed by atoms with E-state index in [4.69, 9.17) is 9.47 Å². The number of hydrogen-bond donors (Lipinski definition) is 1. The van der Waals surface area contributed by atoms with Crippen molar-refractivity contribution in [2.24, 2.45) is 5.41 Å². The van der Waals surface area contributed by atoms with Gasteiger partial charge in [0.2, 0.25) is 0 Å². The lowest BCUT2D eigenvalue weighted by Crippen LogP contribution is -2.55. The number of hydrogen-bond acceptors (Lipinski definition) is 3. The Labute approximate surface area is 91.8 Å². The summed E-state index contributed by atoms with van der Waals surface area (Å²) in [5.74, 6) is 0. The molecule has 15 heavy (non-hydrogen) atoms. The third kappa shape index (κ3) is 2.41. The summed E-state index contributed by atoms with van der Waals surface area (Å²) in [4.78, 5) is 0. The Morgan fingerprint density at radius 1 is 1.60 bits per heavy atom. The Morgan fingerprint density at radius 3 is 3.40 bits per heavy atom. The molecule has 0 aromatic rings. The molecule has 2 aliphatic heterocycles. The Bertz CT molecular complexity index is 206. The van der Waals surface area contributed by atoms with Crippen LogP contribution in [0.5, 0.6) is 0 Å². The fourth-order valence-corrected chi connectivity index (χ4v) is 2.71. The lowest BCUT2D eigenvalue weighted by Gasteiger charge is -2.46. The molecule has 3 heteroatoms. The molecule has 3 nitrogen and oxygen atoms in total. The lowest BCUT2D eigenvalue weighted by atomic mass is 9.73. The smallest absolute Gasteiger partial charge is 0.0677 e. The van der Waals surface area contributed by atoms with Crippen LogP contribution >= 0.6 is 0 Å². The second kappa shape index (κ2) is 5.10. The minimum Gasteiger partial charge on any atom is -0.377 e. The minimum atomic E-state index is 0.222. The van der Waals surface area contributed by atoms with E-state index in [1.54, 1.807) is 0 Å². The van der Waals surface area contributed by atoms with Crippen LogP contribution in [0.1, 0.15) is 19.3 Å². The molecule has 0 aromatic carbocycles. The van der Waals surface area contributed by atoms with Gasteiger partial charge in [0.1, 0.15) is 0 Å². The molecule has 2 aliphatic rings. The van der Waals surface area contributed by atoms with Crippen LogP contribution in [-0.2, 0) is 9.47 Å². The monoisotopic (exact) mass is 211 g/mol. The molecule has 2 fully saturated rings. The highest BCUT2D eigenvalue weighted by molar-refractivity contribution is 4.95. The van der Waals surface area contributed by atoms with Crippen molar-refractivity contribution in [1.29, 1.82) is 0 Å². The molecular formula is C12H21NO2. The predicted octanol–water partition coefficient (Wildman–Crippen LogP) is 1.35. The molecule has 0 aromatic heterocycles. The number of ether oxygens (including phenoxy) is 2. The van der Waals surface area contributed by atoms with Crippen molar-refractivity contribution in [2.45, 2.75) is 25.4 Å². The third-order valence-electron chi connectivity index (χ3n) is 3.51. The summed E-state index contributed by atoms with van der Waals surface area (Å²) in [7, 11) is 0. The van der Waals surface area contributed by atoms with Crippen molar-refractivity contribution in [3.63, 3.8) is 0 Å². The van der Waals surface area contributed by atoms with Crippen molar-refractivity contribution in [3.8, 4) is 0 Å². The Kier molecular flexibility index (Phi) is 3.78. The molecule has 0 spiro atoms. The van der Waals surface area contributed by atoms with Gasteiger partial charge in [0, 0.05) is 18.6 Å². The summed E-state index contributed by atoms with van der Waals surface area (Å²) < 4.78 is 11.5. The SMILES string of the molecule is C=CCOC[C@]12CCCO[C@@H]1CCNC2. The van der Waals surface area contributed by atoms with Gasteiger partial charge in [-0.15, -0.1) is 6.58 Å². The van der Waals surface area contributed by atoms with Crippen molar-refractivity contribution < 1.29 is 9.47 Å². The first kappa shape index (κ1) is 11.1. The second-order valence-corrected chi connectivity index (χ2v) is 4.59. The molecule has 0 aliphatic carbocycles. The van der Waals surface area contributed by atoms with E-state index >= 15 is 0 Å². The normalized spacial score (nSPS) is 35.9. The summed E-state index contributed by atoms with van der Waals surface area (Å²) in [6.45, 7) is 8.16. The highest BCUT2D eigenvalue weighted by atomic mass is 16.5. The van der Waals surface area contributed by atoms with Gasteiger partial charge in [0.25, 0.3) is 0 Å². The third-order valence-corrected chi connectivity index (χ3v) is 3.51. The molecule has 1 N–H and O–H groups in total. The van der Waals surface area contributed by atoms with Crippen molar-refractivity contribution >= 4 is 0 Å². The quantitative estimate of drug-likeness (QED) is 0.562. The highest BCUT2D eigenvalue weighted by Gasteiger charge is 2.43.